The Bertz CT molecular complexity index is 377. The van der Waals surface area contributed by atoms with Crippen LogP contribution in [0.4, 0.5) is 10.1 Å². The van der Waals surface area contributed by atoms with Crippen LogP contribution in [0.15, 0.2) is 12.1 Å². The largest absolute Gasteiger partial charge is 0.466 e. The number of nitrogen functional groups attached to an aromatic ring is 1. The number of carbonyl (C=O) groups excluding carboxylic acids is 1. The van der Waals surface area contributed by atoms with Gasteiger partial charge in [0.15, 0.2) is 0 Å². The van der Waals surface area contributed by atoms with Crippen molar-refractivity contribution in [1.29, 1.82) is 0 Å². The Morgan fingerprint density at radius 2 is 2.20 bits per heavy atom. The molecule has 0 atom stereocenters. The predicted octanol–water partition coefficient (Wildman–Crippen LogP) is 1.82. The molecule has 1 rings (SSSR count). The van der Waals surface area contributed by atoms with Crippen molar-refractivity contribution < 1.29 is 13.9 Å². The first kappa shape index (κ1) is 11.5. The standard InChI is InChI=1S/C11H14FNO2/c1-3-15-11(14)6-8-5-10(13)9(12)4-7(8)2/h4-5H,3,6,13H2,1-2H3. The Labute approximate surface area is 88.0 Å². The summed E-state index contributed by atoms with van der Waals surface area (Å²) in [5.41, 5.74) is 6.87. The lowest BCUT2D eigenvalue weighted by molar-refractivity contribution is -0.142. The maximum absolute atomic E-state index is 13.0. The summed E-state index contributed by atoms with van der Waals surface area (Å²) < 4.78 is 17.8. The molecule has 1 aromatic rings. The zero-order valence-corrected chi connectivity index (χ0v) is 8.84. The van der Waals surface area contributed by atoms with E-state index in [0.29, 0.717) is 17.7 Å². The fourth-order valence-corrected chi connectivity index (χ4v) is 1.29. The SMILES string of the molecule is CCOC(=O)Cc1cc(N)c(F)cc1C. The fourth-order valence-electron chi connectivity index (χ4n) is 1.29. The van der Waals surface area contributed by atoms with Crippen molar-refractivity contribution in [2.24, 2.45) is 0 Å². The average molecular weight is 211 g/mol. The van der Waals surface area contributed by atoms with E-state index in [1.54, 1.807) is 13.8 Å². The fraction of sp³-hybridized carbons (Fsp3) is 0.364. The Balaban J connectivity index is 2.86. The maximum Gasteiger partial charge on any atom is 0.310 e. The molecule has 0 saturated heterocycles. The molecule has 0 fully saturated rings. The van der Waals surface area contributed by atoms with Crippen LogP contribution < -0.4 is 5.73 Å². The maximum atomic E-state index is 13.0. The quantitative estimate of drug-likeness (QED) is 0.613. The highest BCUT2D eigenvalue weighted by atomic mass is 19.1. The van der Waals surface area contributed by atoms with Crippen molar-refractivity contribution in [3.05, 3.63) is 29.1 Å². The molecule has 3 nitrogen and oxygen atoms in total. The molecule has 0 heterocycles. The van der Waals surface area contributed by atoms with Gasteiger partial charge in [-0.1, -0.05) is 0 Å². The summed E-state index contributed by atoms with van der Waals surface area (Å²) in [6.07, 6.45) is 0.129. The third kappa shape index (κ3) is 2.94. The lowest BCUT2D eigenvalue weighted by Crippen LogP contribution is -2.09. The van der Waals surface area contributed by atoms with Crippen LogP contribution in [0.25, 0.3) is 0 Å². The first-order valence-corrected chi connectivity index (χ1v) is 4.74. The molecule has 0 aliphatic carbocycles. The van der Waals surface area contributed by atoms with Crippen LogP contribution in [0.5, 0.6) is 0 Å². The Morgan fingerprint density at radius 3 is 2.80 bits per heavy atom. The number of carbonyl (C=O) groups is 1. The lowest BCUT2D eigenvalue weighted by Gasteiger charge is -2.07. The summed E-state index contributed by atoms with van der Waals surface area (Å²) in [6.45, 7) is 3.81. The summed E-state index contributed by atoms with van der Waals surface area (Å²) in [5.74, 6) is -0.785. The van der Waals surface area contributed by atoms with Crippen LogP contribution in [0.3, 0.4) is 0 Å². The smallest absolute Gasteiger partial charge is 0.310 e. The van der Waals surface area contributed by atoms with Gasteiger partial charge in [-0.15, -0.1) is 0 Å². The van der Waals surface area contributed by atoms with Crippen molar-refractivity contribution in [3.8, 4) is 0 Å². The highest BCUT2D eigenvalue weighted by Crippen LogP contribution is 2.17. The van der Waals surface area contributed by atoms with E-state index >= 15 is 0 Å². The van der Waals surface area contributed by atoms with Crippen LogP contribution in [0, 0.1) is 12.7 Å². The monoisotopic (exact) mass is 211 g/mol. The number of hydrogen-bond donors (Lipinski definition) is 1. The molecular formula is C11H14FNO2. The Hall–Kier alpha value is -1.58. The summed E-state index contributed by atoms with van der Waals surface area (Å²) >= 11 is 0. The Kier molecular flexibility index (Phi) is 3.66. The molecule has 0 amide bonds. The van der Waals surface area contributed by atoms with Crippen molar-refractivity contribution in [3.63, 3.8) is 0 Å². The van der Waals surface area contributed by atoms with Crippen molar-refractivity contribution in [2.75, 3.05) is 12.3 Å². The molecule has 2 N–H and O–H groups in total. The van der Waals surface area contributed by atoms with Crippen LogP contribution in [-0.2, 0) is 16.0 Å². The molecule has 82 valence electrons. The van der Waals surface area contributed by atoms with Crippen LogP contribution in [-0.4, -0.2) is 12.6 Å². The minimum Gasteiger partial charge on any atom is -0.466 e. The van der Waals surface area contributed by atoms with Gasteiger partial charge >= 0.3 is 5.97 Å². The number of aryl methyl sites for hydroxylation is 1. The van der Waals surface area contributed by atoms with Gasteiger partial charge < -0.3 is 10.5 Å². The minimum absolute atomic E-state index is 0.0555. The average Bonchev–Trinajstić information content (AvgIpc) is 2.14. The van der Waals surface area contributed by atoms with Gasteiger partial charge in [-0.3, -0.25) is 4.79 Å². The lowest BCUT2D eigenvalue weighted by atomic mass is 10.0. The van der Waals surface area contributed by atoms with E-state index in [1.165, 1.54) is 12.1 Å². The third-order valence-corrected chi connectivity index (χ3v) is 2.10. The number of halogens is 1. The number of rotatable bonds is 3. The van der Waals surface area contributed by atoms with E-state index in [2.05, 4.69) is 0 Å². The number of anilines is 1. The molecule has 4 heteroatoms. The van der Waals surface area contributed by atoms with Gasteiger partial charge in [-0.25, -0.2) is 4.39 Å². The van der Waals surface area contributed by atoms with E-state index in [4.69, 9.17) is 10.5 Å². The normalized spacial score (nSPS) is 10.1. The number of hydrogen-bond acceptors (Lipinski definition) is 3. The van der Waals surface area contributed by atoms with Crippen LogP contribution >= 0.6 is 0 Å². The van der Waals surface area contributed by atoms with E-state index < -0.39 is 5.82 Å². The summed E-state index contributed by atoms with van der Waals surface area (Å²) in [7, 11) is 0. The highest BCUT2D eigenvalue weighted by molar-refractivity contribution is 5.73. The summed E-state index contributed by atoms with van der Waals surface area (Å²) in [6, 6.07) is 2.80. The number of nitrogens with two attached hydrogens (primary N) is 1. The van der Waals surface area contributed by atoms with Gasteiger partial charge in [0.1, 0.15) is 5.82 Å². The summed E-state index contributed by atoms with van der Waals surface area (Å²) in [5, 5.41) is 0. The molecule has 1 aromatic carbocycles. The molecule has 0 aliphatic heterocycles. The van der Waals surface area contributed by atoms with E-state index in [9.17, 15) is 9.18 Å². The first-order chi connectivity index (χ1) is 7.04. The number of ether oxygens (including phenoxy) is 1. The van der Waals surface area contributed by atoms with Gasteiger partial charge in [-0.05, 0) is 37.1 Å². The van der Waals surface area contributed by atoms with Gasteiger partial charge in [0, 0.05) is 0 Å². The topological polar surface area (TPSA) is 52.3 Å². The van der Waals surface area contributed by atoms with Crippen molar-refractivity contribution in [1.82, 2.24) is 0 Å². The molecule has 0 bridgehead atoms. The second-order valence-corrected chi connectivity index (χ2v) is 3.28. The van der Waals surface area contributed by atoms with E-state index in [0.717, 1.165) is 0 Å². The third-order valence-electron chi connectivity index (χ3n) is 2.10. The first-order valence-electron chi connectivity index (χ1n) is 4.74. The second-order valence-electron chi connectivity index (χ2n) is 3.28. The molecule has 15 heavy (non-hydrogen) atoms. The number of benzene rings is 1. The zero-order chi connectivity index (χ0) is 11.4. The highest BCUT2D eigenvalue weighted by Gasteiger charge is 2.09. The van der Waals surface area contributed by atoms with E-state index in [1.807, 2.05) is 0 Å². The molecule has 0 unspecified atom stereocenters. The molecule has 0 aliphatic rings. The minimum atomic E-state index is -0.458. The summed E-state index contributed by atoms with van der Waals surface area (Å²) in [4.78, 5) is 11.2. The molecule has 0 radical (unpaired) electrons. The van der Waals surface area contributed by atoms with Gasteiger partial charge in [0.2, 0.25) is 0 Å². The van der Waals surface area contributed by atoms with Crippen molar-refractivity contribution >= 4 is 11.7 Å². The molecular weight excluding hydrogens is 197 g/mol. The van der Waals surface area contributed by atoms with Crippen LogP contribution in [0.2, 0.25) is 0 Å². The zero-order valence-electron chi connectivity index (χ0n) is 8.84. The second kappa shape index (κ2) is 4.77. The predicted molar refractivity (Wildman–Crippen MR) is 55.9 cm³/mol. The van der Waals surface area contributed by atoms with Crippen LogP contribution in [0.1, 0.15) is 18.1 Å². The van der Waals surface area contributed by atoms with Gasteiger partial charge in [0.05, 0.1) is 18.7 Å². The number of esters is 1. The van der Waals surface area contributed by atoms with E-state index in [-0.39, 0.29) is 18.1 Å². The van der Waals surface area contributed by atoms with Gasteiger partial charge in [-0.2, -0.15) is 0 Å². The Morgan fingerprint density at radius 1 is 1.53 bits per heavy atom. The van der Waals surface area contributed by atoms with Gasteiger partial charge in [0.25, 0.3) is 0 Å². The van der Waals surface area contributed by atoms with Crippen molar-refractivity contribution in [2.45, 2.75) is 20.3 Å². The molecule has 0 spiro atoms. The molecule has 0 aromatic heterocycles. The molecule has 0 saturated carbocycles.